The molecule has 0 spiro atoms. The summed E-state index contributed by atoms with van der Waals surface area (Å²) in [6.07, 6.45) is 1.06. The van der Waals surface area contributed by atoms with Crippen molar-refractivity contribution in [3.05, 3.63) is 95.9 Å². The van der Waals surface area contributed by atoms with Crippen LogP contribution in [-0.2, 0) is 12.7 Å². The first-order valence-electron chi connectivity index (χ1n) is 14.0. The summed E-state index contributed by atoms with van der Waals surface area (Å²) in [5, 5.41) is 3.42. The molecular weight excluding hydrogens is 525 g/mol. The lowest BCUT2D eigenvalue weighted by Crippen LogP contribution is -2.47. The third-order valence-corrected chi connectivity index (χ3v) is 7.57. The first kappa shape index (κ1) is 28.5. The van der Waals surface area contributed by atoms with Crippen molar-refractivity contribution in [3.63, 3.8) is 0 Å². The molecule has 0 bridgehead atoms. The van der Waals surface area contributed by atoms with Crippen LogP contribution >= 0.6 is 0 Å². The topological polar surface area (TPSA) is 57.2 Å². The summed E-state index contributed by atoms with van der Waals surface area (Å²) in [6, 6.07) is 19.9. The highest BCUT2D eigenvalue weighted by Gasteiger charge is 2.30. The van der Waals surface area contributed by atoms with E-state index in [9.17, 15) is 13.2 Å². The molecule has 214 valence electrons. The Bertz CT molecular complexity index is 1430. The second-order valence-corrected chi connectivity index (χ2v) is 10.8. The summed E-state index contributed by atoms with van der Waals surface area (Å²) < 4.78 is 39.3. The zero-order valence-corrected chi connectivity index (χ0v) is 23.6. The molecule has 1 fully saturated rings. The molecule has 2 aromatic heterocycles. The summed E-state index contributed by atoms with van der Waals surface area (Å²) in [7, 11) is 0. The van der Waals surface area contributed by atoms with Gasteiger partial charge in [0.05, 0.1) is 11.3 Å². The first-order valence-corrected chi connectivity index (χ1v) is 14.0. The number of benzene rings is 2. The molecule has 1 N–H and O–H groups in total. The van der Waals surface area contributed by atoms with Gasteiger partial charge in [-0.25, -0.2) is 9.97 Å². The van der Waals surface area contributed by atoms with E-state index >= 15 is 0 Å². The summed E-state index contributed by atoms with van der Waals surface area (Å²) in [5.74, 6) is 0.583. The average molecular weight is 561 g/mol. The number of rotatable bonds is 8. The number of piperidine rings is 1. The molecular formula is C32H35F3N6. The van der Waals surface area contributed by atoms with Gasteiger partial charge in [-0.1, -0.05) is 24.3 Å². The van der Waals surface area contributed by atoms with E-state index in [0.717, 1.165) is 60.7 Å². The second-order valence-electron chi connectivity index (χ2n) is 10.8. The highest BCUT2D eigenvalue weighted by Crippen LogP contribution is 2.31. The highest BCUT2D eigenvalue weighted by molar-refractivity contribution is 5.61. The van der Waals surface area contributed by atoms with Gasteiger partial charge >= 0.3 is 6.18 Å². The standard InChI is InChI=1S/C32H35F3N6/c1-22(2)40-18-14-29(15-19-40)41(21-24-4-10-27(11-5-24)38-28-12-16-36-23(3)20-28)31-37-17-13-30(39-31)25-6-8-26(9-7-25)32(33,34)35/h4-13,16-17,20,22,29H,14-15,18-19,21H2,1-3H3,(H,36,38). The number of alkyl halides is 3. The largest absolute Gasteiger partial charge is 0.416 e. The van der Waals surface area contributed by atoms with Crippen LogP contribution in [0.1, 0.15) is 43.5 Å². The fourth-order valence-corrected chi connectivity index (χ4v) is 5.23. The third kappa shape index (κ3) is 7.21. The minimum absolute atomic E-state index is 0.241. The molecule has 1 saturated heterocycles. The van der Waals surface area contributed by atoms with E-state index in [0.29, 0.717) is 29.8 Å². The Morgan fingerprint density at radius 2 is 1.59 bits per heavy atom. The molecule has 2 aromatic carbocycles. The van der Waals surface area contributed by atoms with Gasteiger partial charge in [-0.15, -0.1) is 0 Å². The number of aryl methyl sites for hydroxylation is 1. The number of nitrogens with zero attached hydrogens (tertiary/aromatic N) is 5. The Morgan fingerprint density at radius 3 is 2.22 bits per heavy atom. The van der Waals surface area contributed by atoms with E-state index in [1.807, 2.05) is 19.1 Å². The van der Waals surface area contributed by atoms with Crippen molar-refractivity contribution in [2.45, 2.75) is 58.4 Å². The molecule has 41 heavy (non-hydrogen) atoms. The maximum atomic E-state index is 13.1. The number of nitrogens with one attached hydrogen (secondary N) is 1. The Labute approximate surface area is 239 Å². The molecule has 3 heterocycles. The van der Waals surface area contributed by atoms with Crippen molar-refractivity contribution in [1.82, 2.24) is 19.9 Å². The number of aromatic nitrogens is 3. The average Bonchev–Trinajstić information content (AvgIpc) is 2.96. The zero-order chi connectivity index (χ0) is 29.0. The van der Waals surface area contributed by atoms with Crippen LogP contribution < -0.4 is 10.2 Å². The van der Waals surface area contributed by atoms with Gasteiger partial charge in [0.1, 0.15) is 0 Å². The van der Waals surface area contributed by atoms with Crippen molar-refractivity contribution in [1.29, 1.82) is 0 Å². The van der Waals surface area contributed by atoms with Crippen LogP contribution in [0.25, 0.3) is 11.3 Å². The lowest BCUT2D eigenvalue weighted by molar-refractivity contribution is -0.137. The molecule has 0 atom stereocenters. The van der Waals surface area contributed by atoms with E-state index in [-0.39, 0.29) is 6.04 Å². The van der Waals surface area contributed by atoms with Gasteiger partial charge in [-0.2, -0.15) is 13.2 Å². The van der Waals surface area contributed by atoms with E-state index < -0.39 is 11.7 Å². The highest BCUT2D eigenvalue weighted by atomic mass is 19.4. The van der Waals surface area contributed by atoms with Gasteiger partial charge in [0, 0.05) is 66.7 Å². The summed E-state index contributed by atoms with van der Waals surface area (Å²) >= 11 is 0. The Morgan fingerprint density at radius 1 is 0.902 bits per heavy atom. The predicted molar refractivity (Wildman–Crippen MR) is 157 cm³/mol. The van der Waals surface area contributed by atoms with E-state index in [1.165, 1.54) is 12.1 Å². The molecule has 0 amide bonds. The third-order valence-electron chi connectivity index (χ3n) is 7.57. The number of hydrogen-bond acceptors (Lipinski definition) is 6. The van der Waals surface area contributed by atoms with Crippen molar-refractivity contribution >= 4 is 17.3 Å². The van der Waals surface area contributed by atoms with E-state index in [2.05, 4.69) is 63.2 Å². The Hall–Kier alpha value is -3.98. The molecule has 0 unspecified atom stereocenters. The second kappa shape index (κ2) is 12.3. The Kier molecular flexibility index (Phi) is 8.54. The molecule has 6 nitrogen and oxygen atoms in total. The minimum atomic E-state index is -4.38. The van der Waals surface area contributed by atoms with Crippen molar-refractivity contribution in [2.24, 2.45) is 0 Å². The smallest absolute Gasteiger partial charge is 0.355 e. The molecule has 0 radical (unpaired) electrons. The van der Waals surface area contributed by atoms with Crippen LogP contribution in [0.15, 0.2) is 79.1 Å². The number of pyridine rings is 1. The van der Waals surface area contributed by atoms with Gasteiger partial charge in [0.15, 0.2) is 0 Å². The fourth-order valence-electron chi connectivity index (χ4n) is 5.23. The molecule has 9 heteroatoms. The quantitative estimate of drug-likeness (QED) is 0.241. The van der Waals surface area contributed by atoms with Crippen molar-refractivity contribution in [2.75, 3.05) is 23.3 Å². The van der Waals surface area contributed by atoms with Crippen LogP contribution in [0.4, 0.5) is 30.5 Å². The van der Waals surface area contributed by atoms with Crippen LogP contribution in [0.5, 0.6) is 0 Å². The SMILES string of the molecule is Cc1cc(Nc2ccc(CN(c3nccc(-c4ccc(C(F)(F)F)cc4)n3)C3CCN(C(C)C)CC3)cc2)ccn1. The summed E-state index contributed by atoms with van der Waals surface area (Å²) in [4.78, 5) is 18.5. The first-order chi connectivity index (χ1) is 19.7. The van der Waals surface area contributed by atoms with Crippen LogP contribution in [-0.4, -0.2) is 45.0 Å². The maximum absolute atomic E-state index is 13.1. The number of anilines is 3. The van der Waals surface area contributed by atoms with Gasteiger partial charge in [0.2, 0.25) is 5.95 Å². The van der Waals surface area contributed by atoms with Crippen LogP contribution in [0.2, 0.25) is 0 Å². The molecule has 1 aliphatic rings. The van der Waals surface area contributed by atoms with Crippen LogP contribution in [0.3, 0.4) is 0 Å². The van der Waals surface area contributed by atoms with Gasteiger partial charge in [-0.3, -0.25) is 4.98 Å². The lowest BCUT2D eigenvalue weighted by atomic mass is 10.0. The summed E-state index contributed by atoms with van der Waals surface area (Å²) in [5.41, 5.74) is 4.58. The van der Waals surface area contributed by atoms with Gasteiger partial charge in [-0.05, 0) is 81.6 Å². The number of likely N-dealkylation sites (tertiary alicyclic amines) is 1. The van der Waals surface area contributed by atoms with Crippen molar-refractivity contribution in [3.8, 4) is 11.3 Å². The molecule has 0 aliphatic carbocycles. The Balaban J connectivity index is 1.39. The fraction of sp³-hybridized carbons (Fsp3) is 0.344. The molecule has 0 saturated carbocycles. The van der Waals surface area contributed by atoms with E-state index in [4.69, 9.17) is 4.98 Å². The molecule has 4 aromatic rings. The van der Waals surface area contributed by atoms with Crippen molar-refractivity contribution < 1.29 is 13.2 Å². The minimum Gasteiger partial charge on any atom is -0.355 e. The normalized spacial score (nSPS) is 14.8. The predicted octanol–water partition coefficient (Wildman–Crippen LogP) is 7.49. The van der Waals surface area contributed by atoms with Gasteiger partial charge in [0.25, 0.3) is 0 Å². The maximum Gasteiger partial charge on any atom is 0.416 e. The lowest BCUT2D eigenvalue weighted by Gasteiger charge is -2.40. The summed E-state index contributed by atoms with van der Waals surface area (Å²) in [6.45, 7) is 9.01. The van der Waals surface area contributed by atoms with Crippen LogP contribution in [0, 0.1) is 6.92 Å². The monoisotopic (exact) mass is 560 g/mol. The number of halogens is 3. The zero-order valence-electron chi connectivity index (χ0n) is 23.6. The molecule has 5 rings (SSSR count). The van der Waals surface area contributed by atoms with E-state index in [1.54, 1.807) is 18.5 Å². The number of hydrogen-bond donors (Lipinski definition) is 1. The molecule has 1 aliphatic heterocycles. The van der Waals surface area contributed by atoms with Gasteiger partial charge < -0.3 is 15.1 Å².